The number of carbonyl (C=O) groups is 1. The van der Waals surface area contributed by atoms with E-state index in [0.29, 0.717) is 23.9 Å². The average molecular weight is 268 g/mol. The lowest BCUT2D eigenvalue weighted by atomic mass is 10.3. The third-order valence-electron chi connectivity index (χ3n) is 2.48. The minimum absolute atomic E-state index is 0.166. The minimum Gasteiger partial charge on any atom is -0.493 e. The van der Waals surface area contributed by atoms with Gasteiger partial charge in [-0.3, -0.25) is 0 Å². The van der Waals surface area contributed by atoms with Crippen molar-refractivity contribution in [3.05, 3.63) is 18.2 Å². The molecule has 0 saturated carbocycles. The predicted octanol–water partition coefficient (Wildman–Crippen LogP) is 2.43. The van der Waals surface area contributed by atoms with Crippen LogP contribution in [0.5, 0.6) is 17.2 Å². The zero-order chi connectivity index (χ0) is 14.1. The van der Waals surface area contributed by atoms with Gasteiger partial charge in [-0.2, -0.15) is 0 Å². The molecule has 5 nitrogen and oxygen atoms in total. The minimum atomic E-state index is -0.401. The summed E-state index contributed by atoms with van der Waals surface area (Å²) in [7, 11) is 3.06. The summed E-state index contributed by atoms with van der Waals surface area (Å²) in [6.45, 7) is 2.28. The highest BCUT2D eigenvalue weighted by atomic mass is 16.6. The van der Waals surface area contributed by atoms with E-state index in [4.69, 9.17) is 18.9 Å². The zero-order valence-corrected chi connectivity index (χ0v) is 11.6. The standard InChI is InChI=1S/C14H20O5/c1-4-5-9-18-13(15)10-19-14-11(16-2)7-6-8-12(14)17-3/h6-8H,4-5,9-10H2,1-3H3. The molecule has 106 valence electrons. The van der Waals surface area contributed by atoms with Gasteiger partial charge in [0.2, 0.25) is 5.75 Å². The highest BCUT2D eigenvalue weighted by Crippen LogP contribution is 2.36. The molecule has 0 fully saturated rings. The Balaban J connectivity index is 2.58. The maximum Gasteiger partial charge on any atom is 0.344 e. The van der Waals surface area contributed by atoms with Gasteiger partial charge in [0.15, 0.2) is 18.1 Å². The molecule has 1 aromatic rings. The van der Waals surface area contributed by atoms with Gasteiger partial charge in [-0.05, 0) is 18.6 Å². The molecule has 0 aliphatic rings. The Morgan fingerprint density at radius 1 is 1.16 bits per heavy atom. The van der Waals surface area contributed by atoms with Gasteiger partial charge in [-0.15, -0.1) is 0 Å². The van der Waals surface area contributed by atoms with E-state index >= 15 is 0 Å². The van der Waals surface area contributed by atoms with Gasteiger partial charge < -0.3 is 18.9 Å². The molecule has 0 radical (unpaired) electrons. The number of carbonyl (C=O) groups excluding carboxylic acids is 1. The number of benzene rings is 1. The van der Waals surface area contributed by atoms with Crippen molar-refractivity contribution in [2.24, 2.45) is 0 Å². The largest absolute Gasteiger partial charge is 0.493 e. The molecule has 19 heavy (non-hydrogen) atoms. The van der Waals surface area contributed by atoms with Gasteiger partial charge in [0.05, 0.1) is 20.8 Å². The second-order valence-electron chi connectivity index (χ2n) is 3.85. The third-order valence-corrected chi connectivity index (χ3v) is 2.48. The Bertz CT molecular complexity index is 381. The number of esters is 1. The highest BCUT2D eigenvalue weighted by Gasteiger charge is 2.13. The zero-order valence-electron chi connectivity index (χ0n) is 11.6. The lowest BCUT2D eigenvalue weighted by Crippen LogP contribution is -2.16. The van der Waals surface area contributed by atoms with Crippen molar-refractivity contribution in [3.8, 4) is 17.2 Å². The molecule has 0 N–H and O–H groups in total. The van der Waals surface area contributed by atoms with E-state index in [1.807, 2.05) is 6.92 Å². The number of hydrogen-bond acceptors (Lipinski definition) is 5. The molecule has 0 aromatic heterocycles. The first kappa shape index (κ1) is 15.1. The second-order valence-corrected chi connectivity index (χ2v) is 3.85. The van der Waals surface area contributed by atoms with Crippen molar-refractivity contribution in [1.82, 2.24) is 0 Å². The van der Waals surface area contributed by atoms with Crippen LogP contribution >= 0.6 is 0 Å². The molecule has 0 unspecified atom stereocenters. The van der Waals surface area contributed by atoms with Gasteiger partial charge >= 0.3 is 5.97 Å². The lowest BCUT2D eigenvalue weighted by molar-refractivity contribution is -0.146. The van der Waals surface area contributed by atoms with Gasteiger partial charge in [-0.1, -0.05) is 19.4 Å². The molecule has 0 saturated heterocycles. The summed E-state index contributed by atoms with van der Waals surface area (Å²) < 4.78 is 20.7. The molecule has 5 heteroatoms. The van der Waals surface area contributed by atoms with Crippen LogP contribution in [0.4, 0.5) is 0 Å². The fourth-order valence-corrected chi connectivity index (χ4v) is 1.46. The highest BCUT2D eigenvalue weighted by molar-refractivity contribution is 5.71. The molecule has 0 spiro atoms. The van der Waals surface area contributed by atoms with Crippen molar-refractivity contribution >= 4 is 5.97 Å². The van der Waals surface area contributed by atoms with E-state index in [1.54, 1.807) is 18.2 Å². The van der Waals surface area contributed by atoms with E-state index in [1.165, 1.54) is 14.2 Å². The van der Waals surface area contributed by atoms with Crippen LogP contribution < -0.4 is 14.2 Å². The predicted molar refractivity (Wildman–Crippen MR) is 70.9 cm³/mol. The molecule has 0 aliphatic heterocycles. The molecular weight excluding hydrogens is 248 g/mol. The Morgan fingerprint density at radius 2 is 1.79 bits per heavy atom. The molecular formula is C14H20O5. The summed E-state index contributed by atoms with van der Waals surface area (Å²) in [5, 5.41) is 0. The quantitative estimate of drug-likeness (QED) is 0.535. The van der Waals surface area contributed by atoms with Crippen molar-refractivity contribution in [3.63, 3.8) is 0 Å². The monoisotopic (exact) mass is 268 g/mol. The fraction of sp³-hybridized carbons (Fsp3) is 0.500. The molecule has 1 rings (SSSR count). The van der Waals surface area contributed by atoms with Crippen LogP contribution in [0.3, 0.4) is 0 Å². The summed E-state index contributed by atoms with van der Waals surface area (Å²) in [4.78, 5) is 11.5. The summed E-state index contributed by atoms with van der Waals surface area (Å²) in [6.07, 6.45) is 1.83. The Morgan fingerprint density at radius 3 is 2.32 bits per heavy atom. The maximum absolute atomic E-state index is 11.5. The summed E-state index contributed by atoms with van der Waals surface area (Å²) in [5.74, 6) is 1.03. The molecule has 1 aromatic carbocycles. The average Bonchev–Trinajstić information content (AvgIpc) is 2.44. The number of ether oxygens (including phenoxy) is 4. The van der Waals surface area contributed by atoms with E-state index < -0.39 is 5.97 Å². The van der Waals surface area contributed by atoms with E-state index in [9.17, 15) is 4.79 Å². The Labute approximate surface area is 113 Å². The lowest BCUT2D eigenvalue weighted by Gasteiger charge is -2.13. The first-order valence-corrected chi connectivity index (χ1v) is 6.22. The number of unbranched alkanes of at least 4 members (excludes halogenated alkanes) is 1. The van der Waals surface area contributed by atoms with Crippen LogP contribution in [0, 0.1) is 0 Å². The van der Waals surface area contributed by atoms with Crippen molar-refractivity contribution in [2.45, 2.75) is 19.8 Å². The second kappa shape index (κ2) is 8.24. The number of methoxy groups -OCH3 is 2. The van der Waals surface area contributed by atoms with Gasteiger partial charge in [-0.25, -0.2) is 4.79 Å². The van der Waals surface area contributed by atoms with Crippen molar-refractivity contribution < 1.29 is 23.7 Å². The molecule has 0 amide bonds. The van der Waals surface area contributed by atoms with E-state index in [0.717, 1.165) is 12.8 Å². The van der Waals surface area contributed by atoms with Crippen LogP contribution in [0.2, 0.25) is 0 Å². The number of para-hydroxylation sites is 1. The normalized spacial score (nSPS) is 9.84. The number of hydrogen-bond donors (Lipinski definition) is 0. The van der Waals surface area contributed by atoms with Gasteiger partial charge in [0.1, 0.15) is 0 Å². The Kier molecular flexibility index (Phi) is 6.57. The van der Waals surface area contributed by atoms with Crippen LogP contribution in [0.25, 0.3) is 0 Å². The first-order chi connectivity index (χ1) is 9.22. The summed E-state index contributed by atoms with van der Waals surface area (Å²) >= 11 is 0. The van der Waals surface area contributed by atoms with Crippen molar-refractivity contribution in [1.29, 1.82) is 0 Å². The summed E-state index contributed by atoms with van der Waals surface area (Å²) in [5.41, 5.74) is 0. The third kappa shape index (κ3) is 4.69. The fourth-order valence-electron chi connectivity index (χ4n) is 1.46. The molecule has 0 heterocycles. The van der Waals surface area contributed by atoms with Gasteiger partial charge in [0.25, 0.3) is 0 Å². The Hall–Kier alpha value is -1.91. The SMILES string of the molecule is CCCCOC(=O)COc1c(OC)cccc1OC. The summed E-state index contributed by atoms with van der Waals surface area (Å²) in [6, 6.07) is 5.25. The van der Waals surface area contributed by atoms with Crippen LogP contribution in [0.1, 0.15) is 19.8 Å². The molecule has 0 atom stereocenters. The van der Waals surface area contributed by atoms with Gasteiger partial charge in [0, 0.05) is 0 Å². The van der Waals surface area contributed by atoms with Crippen LogP contribution in [-0.4, -0.2) is 33.4 Å². The van der Waals surface area contributed by atoms with Crippen LogP contribution in [-0.2, 0) is 9.53 Å². The van der Waals surface area contributed by atoms with Crippen LogP contribution in [0.15, 0.2) is 18.2 Å². The smallest absolute Gasteiger partial charge is 0.344 e. The number of rotatable bonds is 8. The first-order valence-electron chi connectivity index (χ1n) is 6.22. The molecule has 0 aliphatic carbocycles. The molecule has 0 bridgehead atoms. The topological polar surface area (TPSA) is 54.0 Å². The van der Waals surface area contributed by atoms with E-state index in [-0.39, 0.29) is 6.61 Å². The maximum atomic E-state index is 11.5. The van der Waals surface area contributed by atoms with E-state index in [2.05, 4.69) is 0 Å². The van der Waals surface area contributed by atoms with Crippen molar-refractivity contribution in [2.75, 3.05) is 27.4 Å².